The summed E-state index contributed by atoms with van der Waals surface area (Å²) in [6.45, 7) is -0.0817. The fourth-order valence-corrected chi connectivity index (χ4v) is 1.75. The summed E-state index contributed by atoms with van der Waals surface area (Å²) < 4.78 is 52.3. The molecule has 2 rings (SSSR count). The van der Waals surface area contributed by atoms with Crippen molar-refractivity contribution in [1.82, 2.24) is 9.78 Å². The van der Waals surface area contributed by atoms with Crippen LogP contribution in [-0.4, -0.2) is 21.5 Å². The molecule has 0 saturated heterocycles. The Bertz CT molecular complexity index is 622. The first kappa shape index (κ1) is 14.3. The van der Waals surface area contributed by atoms with Gasteiger partial charge in [0.1, 0.15) is 11.6 Å². The highest BCUT2D eigenvalue weighted by Gasteiger charge is 2.34. The predicted molar refractivity (Wildman–Crippen MR) is 64.1 cm³/mol. The van der Waals surface area contributed by atoms with E-state index in [-0.39, 0.29) is 30.2 Å². The van der Waals surface area contributed by atoms with Crippen LogP contribution in [0.5, 0.6) is 0 Å². The van der Waals surface area contributed by atoms with Gasteiger partial charge >= 0.3 is 6.18 Å². The number of nitrogen functional groups attached to an aromatic ring is 1. The normalized spacial score (nSPS) is 11.8. The first-order valence-electron chi connectivity index (χ1n) is 5.64. The van der Waals surface area contributed by atoms with Gasteiger partial charge in [-0.25, -0.2) is 9.07 Å². The quantitative estimate of drug-likeness (QED) is 0.852. The van der Waals surface area contributed by atoms with E-state index in [9.17, 15) is 17.6 Å². The van der Waals surface area contributed by atoms with Crippen LogP contribution in [0.2, 0.25) is 0 Å². The zero-order valence-corrected chi connectivity index (χ0v) is 10.2. The first-order valence-corrected chi connectivity index (χ1v) is 5.64. The standard InChI is InChI=1S/C12H11F4N3O/c13-9-2-1-7(5-8(9)12(14,15)16)10-6-11(17)19(18-10)3-4-20/h1-2,5-6,20H,3-4,17H2. The lowest BCUT2D eigenvalue weighted by atomic mass is 10.1. The van der Waals surface area contributed by atoms with Gasteiger partial charge in [-0.05, 0) is 18.2 Å². The summed E-state index contributed by atoms with van der Waals surface area (Å²) in [4.78, 5) is 0. The van der Waals surface area contributed by atoms with Crippen molar-refractivity contribution in [3.63, 3.8) is 0 Å². The van der Waals surface area contributed by atoms with E-state index in [0.717, 1.165) is 6.07 Å². The SMILES string of the molecule is Nc1cc(-c2ccc(F)c(C(F)(F)F)c2)nn1CCO. The van der Waals surface area contributed by atoms with Crippen LogP contribution >= 0.6 is 0 Å². The molecule has 1 heterocycles. The van der Waals surface area contributed by atoms with Gasteiger partial charge < -0.3 is 10.8 Å². The average Bonchev–Trinajstić information content (AvgIpc) is 2.70. The third kappa shape index (κ3) is 2.74. The number of hydrogen-bond donors (Lipinski definition) is 2. The molecule has 2 aromatic rings. The number of aliphatic hydroxyl groups is 1. The number of aliphatic hydroxyl groups excluding tert-OH is 1. The minimum atomic E-state index is -4.78. The minimum Gasteiger partial charge on any atom is -0.394 e. The number of alkyl halides is 3. The highest BCUT2D eigenvalue weighted by molar-refractivity contribution is 5.63. The van der Waals surface area contributed by atoms with Gasteiger partial charge in [0.05, 0.1) is 24.4 Å². The monoisotopic (exact) mass is 289 g/mol. The van der Waals surface area contributed by atoms with Crippen molar-refractivity contribution in [3.8, 4) is 11.3 Å². The zero-order valence-electron chi connectivity index (χ0n) is 10.2. The Labute approximate surface area is 111 Å². The molecule has 0 atom stereocenters. The van der Waals surface area contributed by atoms with E-state index in [4.69, 9.17) is 10.8 Å². The Balaban J connectivity index is 2.46. The van der Waals surface area contributed by atoms with E-state index in [1.165, 1.54) is 16.8 Å². The molecule has 1 aromatic heterocycles. The molecule has 0 spiro atoms. The van der Waals surface area contributed by atoms with E-state index in [1.54, 1.807) is 0 Å². The van der Waals surface area contributed by atoms with Crippen LogP contribution in [0.1, 0.15) is 5.56 Å². The molecule has 0 bridgehead atoms. The fourth-order valence-electron chi connectivity index (χ4n) is 1.75. The van der Waals surface area contributed by atoms with E-state index in [2.05, 4.69) is 5.10 Å². The molecular formula is C12H11F4N3O. The Hall–Kier alpha value is -2.09. The van der Waals surface area contributed by atoms with Gasteiger partial charge in [0.15, 0.2) is 0 Å². The molecule has 4 nitrogen and oxygen atoms in total. The number of hydrogen-bond acceptors (Lipinski definition) is 3. The first-order chi connectivity index (χ1) is 9.32. The number of benzene rings is 1. The summed E-state index contributed by atoms with van der Waals surface area (Å²) in [6.07, 6.45) is -4.78. The highest BCUT2D eigenvalue weighted by atomic mass is 19.4. The highest BCUT2D eigenvalue weighted by Crippen LogP contribution is 2.34. The number of nitrogens with two attached hydrogens (primary N) is 1. The minimum absolute atomic E-state index is 0.0992. The van der Waals surface area contributed by atoms with Crippen molar-refractivity contribution in [3.05, 3.63) is 35.6 Å². The van der Waals surface area contributed by atoms with Crippen LogP contribution in [0.25, 0.3) is 11.3 Å². The van der Waals surface area contributed by atoms with Gasteiger partial charge in [-0.1, -0.05) is 0 Å². The van der Waals surface area contributed by atoms with E-state index >= 15 is 0 Å². The molecule has 20 heavy (non-hydrogen) atoms. The van der Waals surface area contributed by atoms with Crippen LogP contribution in [-0.2, 0) is 12.7 Å². The lowest BCUT2D eigenvalue weighted by molar-refractivity contribution is -0.139. The maximum atomic E-state index is 13.2. The lowest BCUT2D eigenvalue weighted by Crippen LogP contribution is -2.08. The second kappa shape index (κ2) is 5.12. The summed E-state index contributed by atoms with van der Waals surface area (Å²) in [6, 6.07) is 3.97. The Morgan fingerprint density at radius 3 is 2.55 bits per heavy atom. The van der Waals surface area contributed by atoms with Gasteiger partial charge in [0.25, 0.3) is 0 Å². The van der Waals surface area contributed by atoms with E-state index < -0.39 is 17.6 Å². The Morgan fingerprint density at radius 2 is 1.95 bits per heavy atom. The molecule has 0 amide bonds. The Morgan fingerprint density at radius 1 is 1.25 bits per heavy atom. The number of anilines is 1. The van der Waals surface area contributed by atoms with E-state index in [1.807, 2.05) is 0 Å². The van der Waals surface area contributed by atoms with Crippen LogP contribution in [0.15, 0.2) is 24.3 Å². The Kier molecular flexibility index (Phi) is 3.67. The molecule has 8 heteroatoms. The number of halogens is 4. The molecule has 0 aliphatic carbocycles. The molecule has 0 unspecified atom stereocenters. The third-order valence-corrected chi connectivity index (χ3v) is 2.69. The van der Waals surface area contributed by atoms with Crippen LogP contribution in [0, 0.1) is 5.82 Å². The van der Waals surface area contributed by atoms with Crippen molar-refractivity contribution in [2.75, 3.05) is 12.3 Å². The van der Waals surface area contributed by atoms with Gasteiger partial charge in [0, 0.05) is 11.6 Å². The second-order valence-electron chi connectivity index (χ2n) is 4.09. The molecule has 0 radical (unpaired) electrons. The second-order valence-corrected chi connectivity index (χ2v) is 4.09. The van der Waals surface area contributed by atoms with Gasteiger partial charge in [-0.3, -0.25) is 0 Å². The molecule has 1 aromatic carbocycles. The van der Waals surface area contributed by atoms with Gasteiger partial charge in [0.2, 0.25) is 0 Å². The fraction of sp³-hybridized carbons (Fsp3) is 0.250. The van der Waals surface area contributed by atoms with Gasteiger partial charge in [-0.2, -0.15) is 18.3 Å². The number of nitrogens with zero attached hydrogens (tertiary/aromatic N) is 2. The maximum absolute atomic E-state index is 13.2. The van der Waals surface area contributed by atoms with Crippen LogP contribution in [0.3, 0.4) is 0 Å². The zero-order chi connectivity index (χ0) is 14.9. The van der Waals surface area contributed by atoms with Crippen molar-refractivity contribution in [2.45, 2.75) is 12.7 Å². The molecule has 108 valence electrons. The smallest absolute Gasteiger partial charge is 0.394 e. The largest absolute Gasteiger partial charge is 0.419 e. The summed E-state index contributed by atoms with van der Waals surface area (Å²) in [7, 11) is 0. The molecule has 0 aliphatic rings. The average molecular weight is 289 g/mol. The third-order valence-electron chi connectivity index (χ3n) is 2.69. The maximum Gasteiger partial charge on any atom is 0.419 e. The van der Waals surface area contributed by atoms with Crippen molar-refractivity contribution >= 4 is 5.82 Å². The van der Waals surface area contributed by atoms with Crippen molar-refractivity contribution < 1.29 is 22.7 Å². The topological polar surface area (TPSA) is 64.1 Å². The predicted octanol–water partition coefficient (Wildman–Crippen LogP) is 2.28. The summed E-state index contributed by atoms with van der Waals surface area (Å²) in [5.74, 6) is -1.14. The number of aromatic nitrogens is 2. The lowest BCUT2D eigenvalue weighted by Gasteiger charge is -2.09. The van der Waals surface area contributed by atoms with Gasteiger partial charge in [-0.15, -0.1) is 0 Å². The number of rotatable bonds is 3. The summed E-state index contributed by atoms with van der Waals surface area (Å²) in [5.41, 5.74) is 4.54. The van der Waals surface area contributed by atoms with Crippen LogP contribution in [0.4, 0.5) is 23.4 Å². The molecule has 0 saturated carbocycles. The van der Waals surface area contributed by atoms with Crippen molar-refractivity contribution in [2.24, 2.45) is 0 Å². The van der Waals surface area contributed by atoms with Crippen LogP contribution < -0.4 is 5.73 Å². The molecule has 0 aliphatic heterocycles. The van der Waals surface area contributed by atoms with Crippen molar-refractivity contribution in [1.29, 1.82) is 0 Å². The summed E-state index contributed by atoms with van der Waals surface area (Å²) in [5, 5.41) is 12.8. The molecular weight excluding hydrogens is 278 g/mol. The van der Waals surface area contributed by atoms with E-state index in [0.29, 0.717) is 6.07 Å². The summed E-state index contributed by atoms with van der Waals surface area (Å²) >= 11 is 0. The molecule has 0 fully saturated rings. The molecule has 3 N–H and O–H groups in total.